The van der Waals surface area contributed by atoms with E-state index in [2.05, 4.69) is 0 Å². The molecule has 0 saturated heterocycles. The topological polar surface area (TPSA) is 26.0 Å². The van der Waals surface area contributed by atoms with Gasteiger partial charge in [-0.05, 0) is 41.6 Å². The van der Waals surface area contributed by atoms with Crippen LogP contribution in [0, 0.1) is 5.82 Å². The minimum absolute atomic E-state index is 0.327. The van der Waals surface area contributed by atoms with Gasteiger partial charge in [-0.3, -0.25) is 0 Å². The number of benzene rings is 2. The van der Waals surface area contributed by atoms with E-state index in [9.17, 15) is 4.39 Å². The molecule has 0 bridgehead atoms. The Kier molecular flexibility index (Phi) is 4.27. The third-order valence-electron chi connectivity index (χ3n) is 2.77. The van der Waals surface area contributed by atoms with Gasteiger partial charge >= 0.3 is 0 Å². The third kappa shape index (κ3) is 2.69. The van der Waals surface area contributed by atoms with E-state index in [4.69, 9.17) is 17.3 Å². The minimum atomic E-state index is -0.420. The number of halogens is 2. The van der Waals surface area contributed by atoms with Crippen LogP contribution in [-0.2, 0) is 0 Å². The first-order chi connectivity index (χ1) is 8.63. The lowest BCUT2D eigenvalue weighted by atomic mass is 9.99. The first-order valence-electron chi connectivity index (χ1n) is 5.47. The monoisotopic (exact) mass is 281 g/mol. The third-order valence-corrected chi connectivity index (χ3v) is 3.92. The number of thioether (sulfide) groups is 1. The standard InChI is InChI=1S/C14H13ClFNS/c1-18-13-5-3-2-4-10(13)14(17)11-8-9(16)6-7-12(11)15/h2-8,14H,17H2,1H3. The van der Waals surface area contributed by atoms with E-state index in [1.54, 1.807) is 11.8 Å². The Morgan fingerprint density at radius 3 is 2.61 bits per heavy atom. The highest BCUT2D eigenvalue weighted by molar-refractivity contribution is 7.98. The van der Waals surface area contributed by atoms with Crippen molar-refractivity contribution in [2.45, 2.75) is 10.9 Å². The lowest BCUT2D eigenvalue weighted by molar-refractivity contribution is 0.623. The molecule has 0 aliphatic rings. The van der Waals surface area contributed by atoms with Gasteiger partial charge in [0.25, 0.3) is 0 Å². The van der Waals surface area contributed by atoms with Crippen molar-refractivity contribution in [1.29, 1.82) is 0 Å². The SMILES string of the molecule is CSc1ccccc1C(N)c1cc(F)ccc1Cl. The van der Waals surface area contributed by atoms with E-state index in [0.29, 0.717) is 10.6 Å². The molecule has 18 heavy (non-hydrogen) atoms. The van der Waals surface area contributed by atoms with E-state index >= 15 is 0 Å². The van der Waals surface area contributed by atoms with E-state index < -0.39 is 6.04 Å². The van der Waals surface area contributed by atoms with Gasteiger partial charge in [0.05, 0.1) is 6.04 Å². The molecule has 0 aromatic heterocycles. The molecule has 94 valence electrons. The molecule has 2 rings (SSSR count). The molecule has 1 nitrogen and oxygen atoms in total. The van der Waals surface area contributed by atoms with E-state index in [0.717, 1.165) is 10.5 Å². The Balaban J connectivity index is 2.47. The van der Waals surface area contributed by atoms with Crippen LogP contribution in [0.2, 0.25) is 5.02 Å². The molecule has 0 heterocycles. The van der Waals surface area contributed by atoms with Crippen molar-refractivity contribution in [3.8, 4) is 0 Å². The fraction of sp³-hybridized carbons (Fsp3) is 0.143. The summed E-state index contributed by atoms with van der Waals surface area (Å²) >= 11 is 7.69. The fourth-order valence-corrected chi connectivity index (χ4v) is 2.72. The molecule has 0 aliphatic carbocycles. The fourth-order valence-electron chi connectivity index (χ4n) is 1.84. The van der Waals surface area contributed by atoms with Crippen molar-refractivity contribution in [2.75, 3.05) is 6.26 Å². The van der Waals surface area contributed by atoms with Gasteiger partial charge in [0.15, 0.2) is 0 Å². The van der Waals surface area contributed by atoms with E-state index in [1.807, 2.05) is 30.5 Å². The maximum Gasteiger partial charge on any atom is 0.123 e. The van der Waals surface area contributed by atoms with Crippen LogP contribution in [-0.4, -0.2) is 6.26 Å². The summed E-state index contributed by atoms with van der Waals surface area (Å²) in [5.74, 6) is -0.327. The predicted octanol–water partition coefficient (Wildman–Crippen LogP) is 4.25. The first kappa shape index (κ1) is 13.4. The molecule has 2 aromatic rings. The molecule has 4 heteroatoms. The molecule has 0 fully saturated rings. The van der Waals surface area contributed by atoms with Gasteiger partial charge in [-0.2, -0.15) is 0 Å². The van der Waals surface area contributed by atoms with Crippen LogP contribution in [0.4, 0.5) is 4.39 Å². The Labute approximate surface area is 115 Å². The van der Waals surface area contributed by atoms with Gasteiger partial charge in [-0.15, -0.1) is 11.8 Å². The zero-order valence-electron chi connectivity index (χ0n) is 9.86. The quantitative estimate of drug-likeness (QED) is 0.851. The number of hydrogen-bond donors (Lipinski definition) is 1. The zero-order valence-corrected chi connectivity index (χ0v) is 11.4. The van der Waals surface area contributed by atoms with Gasteiger partial charge in [0.1, 0.15) is 5.82 Å². The molecule has 1 atom stereocenters. The van der Waals surface area contributed by atoms with Crippen LogP contribution in [0.1, 0.15) is 17.2 Å². The highest BCUT2D eigenvalue weighted by atomic mass is 35.5. The largest absolute Gasteiger partial charge is 0.320 e. The van der Waals surface area contributed by atoms with E-state index in [1.165, 1.54) is 18.2 Å². The Bertz CT molecular complexity index is 559. The summed E-state index contributed by atoms with van der Waals surface area (Å²) in [6.45, 7) is 0. The number of rotatable bonds is 3. The highest BCUT2D eigenvalue weighted by Crippen LogP contribution is 2.32. The summed E-state index contributed by atoms with van der Waals surface area (Å²) in [6.07, 6.45) is 1.98. The summed E-state index contributed by atoms with van der Waals surface area (Å²) in [5.41, 5.74) is 7.76. The Hall–Kier alpha value is -1.03. The predicted molar refractivity (Wildman–Crippen MR) is 75.7 cm³/mol. The average molecular weight is 282 g/mol. The van der Waals surface area contributed by atoms with Crippen molar-refractivity contribution in [3.05, 3.63) is 64.4 Å². The van der Waals surface area contributed by atoms with Gasteiger partial charge in [0.2, 0.25) is 0 Å². The molecule has 2 N–H and O–H groups in total. The Morgan fingerprint density at radius 1 is 1.17 bits per heavy atom. The second kappa shape index (κ2) is 5.74. The van der Waals surface area contributed by atoms with Crippen molar-refractivity contribution in [3.63, 3.8) is 0 Å². The molecule has 0 aliphatic heterocycles. The van der Waals surface area contributed by atoms with Gasteiger partial charge in [-0.25, -0.2) is 4.39 Å². The summed E-state index contributed by atoms with van der Waals surface area (Å²) in [6, 6.07) is 11.6. The van der Waals surface area contributed by atoms with Crippen molar-refractivity contribution in [1.82, 2.24) is 0 Å². The van der Waals surface area contributed by atoms with Crippen molar-refractivity contribution >= 4 is 23.4 Å². The molecule has 0 spiro atoms. The van der Waals surface area contributed by atoms with Crippen LogP contribution in [0.25, 0.3) is 0 Å². The summed E-state index contributed by atoms with van der Waals surface area (Å²) in [5, 5.41) is 0.486. The summed E-state index contributed by atoms with van der Waals surface area (Å²) in [4.78, 5) is 1.07. The normalized spacial score (nSPS) is 12.4. The molecule has 0 radical (unpaired) electrons. The maximum atomic E-state index is 13.3. The first-order valence-corrected chi connectivity index (χ1v) is 7.07. The van der Waals surface area contributed by atoms with Crippen LogP contribution in [0.3, 0.4) is 0 Å². The summed E-state index contributed by atoms with van der Waals surface area (Å²) < 4.78 is 13.3. The molecular formula is C14H13ClFNS. The minimum Gasteiger partial charge on any atom is -0.320 e. The zero-order chi connectivity index (χ0) is 13.1. The lowest BCUT2D eigenvalue weighted by Crippen LogP contribution is -2.13. The Morgan fingerprint density at radius 2 is 1.89 bits per heavy atom. The summed E-state index contributed by atoms with van der Waals surface area (Å²) in [7, 11) is 0. The molecular weight excluding hydrogens is 269 g/mol. The number of hydrogen-bond acceptors (Lipinski definition) is 2. The molecule has 0 saturated carbocycles. The second-order valence-corrected chi connectivity index (χ2v) is 5.14. The smallest absolute Gasteiger partial charge is 0.123 e. The highest BCUT2D eigenvalue weighted by Gasteiger charge is 2.16. The van der Waals surface area contributed by atoms with Crippen molar-refractivity contribution in [2.24, 2.45) is 5.73 Å². The van der Waals surface area contributed by atoms with Crippen LogP contribution < -0.4 is 5.73 Å². The van der Waals surface area contributed by atoms with Crippen LogP contribution >= 0.6 is 23.4 Å². The molecule has 2 aromatic carbocycles. The maximum absolute atomic E-state index is 13.3. The van der Waals surface area contributed by atoms with Gasteiger partial charge < -0.3 is 5.73 Å². The number of nitrogens with two attached hydrogens (primary N) is 1. The lowest BCUT2D eigenvalue weighted by Gasteiger charge is -2.17. The van der Waals surface area contributed by atoms with Crippen molar-refractivity contribution < 1.29 is 4.39 Å². The van der Waals surface area contributed by atoms with Gasteiger partial charge in [-0.1, -0.05) is 29.8 Å². The van der Waals surface area contributed by atoms with Crippen LogP contribution in [0.5, 0.6) is 0 Å². The average Bonchev–Trinajstić information content (AvgIpc) is 2.40. The van der Waals surface area contributed by atoms with Gasteiger partial charge in [0, 0.05) is 9.92 Å². The molecule has 0 amide bonds. The van der Waals surface area contributed by atoms with Crippen LogP contribution in [0.15, 0.2) is 47.4 Å². The second-order valence-electron chi connectivity index (χ2n) is 3.89. The molecule has 1 unspecified atom stereocenters. The van der Waals surface area contributed by atoms with E-state index in [-0.39, 0.29) is 5.82 Å².